The number of benzene rings is 1. The lowest BCUT2D eigenvalue weighted by atomic mass is 10.0. The first kappa shape index (κ1) is 22.5. The van der Waals surface area contributed by atoms with E-state index >= 15 is 0 Å². The van der Waals surface area contributed by atoms with Gasteiger partial charge in [0.25, 0.3) is 5.91 Å². The Morgan fingerprint density at radius 1 is 1.17 bits per heavy atom. The molecule has 1 aromatic rings. The Morgan fingerprint density at radius 2 is 1.83 bits per heavy atom. The molecule has 0 spiro atoms. The molecule has 0 bridgehead atoms. The third kappa shape index (κ3) is 5.68. The molecule has 0 atom stereocenters. The van der Waals surface area contributed by atoms with Crippen molar-refractivity contribution in [1.82, 2.24) is 19.8 Å². The highest BCUT2D eigenvalue weighted by Crippen LogP contribution is 2.18. The molecular weight excluding hydrogens is 404 g/mol. The van der Waals surface area contributed by atoms with Crippen LogP contribution >= 0.6 is 0 Å². The summed E-state index contributed by atoms with van der Waals surface area (Å²) in [5.74, 6) is -0.508. The molecule has 0 radical (unpaired) electrons. The minimum atomic E-state index is -3.75. The average molecular weight is 435 g/mol. The summed E-state index contributed by atoms with van der Waals surface area (Å²) in [7, 11) is -3.75. The molecule has 2 aliphatic heterocycles. The zero-order valence-electron chi connectivity index (χ0n) is 17.6. The van der Waals surface area contributed by atoms with E-state index < -0.39 is 10.0 Å². The van der Waals surface area contributed by atoms with Gasteiger partial charge in [-0.2, -0.15) is 4.31 Å². The standard InChI is InChI=1S/C21H30N4O4S/c1-16(2)7-11-24-12-8-18(9-13-24)23-21(27)17-3-5-19(6-4-17)30(28,29)25-14-10-22-20(26)15-25/h3-7,18H,8-15H2,1-2H3,(H,22,26)(H,23,27). The summed E-state index contributed by atoms with van der Waals surface area (Å²) in [6.45, 7) is 7.35. The highest BCUT2D eigenvalue weighted by molar-refractivity contribution is 7.89. The first-order valence-electron chi connectivity index (χ1n) is 10.3. The summed E-state index contributed by atoms with van der Waals surface area (Å²) in [6, 6.07) is 6.03. The zero-order chi connectivity index (χ0) is 21.7. The van der Waals surface area contributed by atoms with Gasteiger partial charge in [-0.25, -0.2) is 8.42 Å². The summed E-state index contributed by atoms with van der Waals surface area (Å²) < 4.78 is 26.5. The summed E-state index contributed by atoms with van der Waals surface area (Å²) in [5, 5.41) is 5.66. The fourth-order valence-corrected chi connectivity index (χ4v) is 4.98. The van der Waals surface area contributed by atoms with Crippen LogP contribution in [0.25, 0.3) is 0 Å². The van der Waals surface area contributed by atoms with Crippen LogP contribution in [0, 0.1) is 0 Å². The van der Waals surface area contributed by atoms with Crippen LogP contribution in [0.1, 0.15) is 37.0 Å². The van der Waals surface area contributed by atoms with Crippen molar-refractivity contribution in [3.63, 3.8) is 0 Å². The molecule has 9 heteroatoms. The van der Waals surface area contributed by atoms with Crippen molar-refractivity contribution >= 4 is 21.8 Å². The second-order valence-electron chi connectivity index (χ2n) is 8.04. The minimum absolute atomic E-state index is 0.0846. The van der Waals surface area contributed by atoms with Gasteiger partial charge in [0.2, 0.25) is 15.9 Å². The van der Waals surface area contributed by atoms with Crippen molar-refractivity contribution < 1.29 is 18.0 Å². The van der Waals surface area contributed by atoms with E-state index in [1.807, 2.05) is 0 Å². The Kier molecular flexibility index (Phi) is 7.27. The third-order valence-corrected chi connectivity index (χ3v) is 7.30. The van der Waals surface area contributed by atoms with E-state index in [0.29, 0.717) is 12.1 Å². The lowest BCUT2D eigenvalue weighted by Gasteiger charge is -2.31. The van der Waals surface area contributed by atoms with Crippen LogP contribution in [-0.4, -0.2) is 74.7 Å². The first-order valence-corrected chi connectivity index (χ1v) is 11.7. The number of hydrogen-bond acceptors (Lipinski definition) is 5. The van der Waals surface area contributed by atoms with E-state index in [-0.39, 0.29) is 35.8 Å². The molecule has 2 fully saturated rings. The topological polar surface area (TPSA) is 98.8 Å². The number of hydrogen-bond donors (Lipinski definition) is 2. The van der Waals surface area contributed by atoms with Gasteiger partial charge in [-0.15, -0.1) is 0 Å². The smallest absolute Gasteiger partial charge is 0.251 e. The van der Waals surface area contributed by atoms with Gasteiger partial charge in [-0.05, 0) is 51.0 Å². The summed E-state index contributed by atoms with van der Waals surface area (Å²) in [4.78, 5) is 26.5. The molecule has 2 saturated heterocycles. The normalized spacial score (nSPS) is 19.2. The maximum atomic E-state index is 12.7. The molecule has 2 aliphatic rings. The van der Waals surface area contributed by atoms with E-state index in [9.17, 15) is 18.0 Å². The van der Waals surface area contributed by atoms with Gasteiger partial charge >= 0.3 is 0 Å². The van der Waals surface area contributed by atoms with Crippen LogP contribution in [0.3, 0.4) is 0 Å². The van der Waals surface area contributed by atoms with Crippen LogP contribution in [0.15, 0.2) is 40.8 Å². The number of piperidine rings is 1. The molecule has 1 aromatic carbocycles. The van der Waals surface area contributed by atoms with E-state index in [0.717, 1.165) is 36.8 Å². The Bertz CT molecular complexity index is 899. The van der Waals surface area contributed by atoms with Crippen LogP contribution in [0.2, 0.25) is 0 Å². The van der Waals surface area contributed by atoms with Crippen LogP contribution in [0.4, 0.5) is 0 Å². The molecule has 3 rings (SSSR count). The molecule has 0 aliphatic carbocycles. The fourth-order valence-electron chi connectivity index (χ4n) is 3.59. The second kappa shape index (κ2) is 9.72. The summed E-state index contributed by atoms with van der Waals surface area (Å²) in [5.41, 5.74) is 1.73. The van der Waals surface area contributed by atoms with E-state index in [4.69, 9.17) is 0 Å². The number of sulfonamides is 1. The van der Waals surface area contributed by atoms with Gasteiger partial charge in [0.1, 0.15) is 0 Å². The maximum Gasteiger partial charge on any atom is 0.251 e. The predicted octanol–water partition coefficient (Wildman–Crippen LogP) is 0.968. The first-order chi connectivity index (χ1) is 14.3. The van der Waals surface area contributed by atoms with Crippen molar-refractivity contribution in [2.75, 3.05) is 39.3 Å². The number of nitrogens with zero attached hydrogens (tertiary/aromatic N) is 2. The van der Waals surface area contributed by atoms with E-state index in [1.54, 1.807) is 0 Å². The van der Waals surface area contributed by atoms with E-state index in [2.05, 4.69) is 35.5 Å². The number of allylic oxidation sites excluding steroid dienone is 1. The Morgan fingerprint density at radius 3 is 2.43 bits per heavy atom. The number of rotatable bonds is 6. The van der Waals surface area contributed by atoms with Crippen molar-refractivity contribution in [1.29, 1.82) is 0 Å². The predicted molar refractivity (Wildman–Crippen MR) is 115 cm³/mol. The highest BCUT2D eigenvalue weighted by Gasteiger charge is 2.29. The van der Waals surface area contributed by atoms with Gasteiger partial charge in [-0.3, -0.25) is 14.5 Å². The lowest BCUT2D eigenvalue weighted by molar-refractivity contribution is -0.122. The monoisotopic (exact) mass is 434 g/mol. The molecule has 2 N–H and O–H groups in total. The van der Waals surface area contributed by atoms with E-state index in [1.165, 1.54) is 29.8 Å². The maximum absolute atomic E-state index is 12.7. The van der Waals surface area contributed by atoms with Crippen LogP contribution in [0.5, 0.6) is 0 Å². The number of carbonyl (C=O) groups excluding carboxylic acids is 2. The van der Waals surface area contributed by atoms with Gasteiger partial charge in [-0.1, -0.05) is 11.6 Å². The average Bonchev–Trinajstić information content (AvgIpc) is 2.73. The third-order valence-electron chi connectivity index (χ3n) is 5.44. The highest BCUT2D eigenvalue weighted by atomic mass is 32.2. The van der Waals surface area contributed by atoms with Gasteiger partial charge < -0.3 is 10.6 Å². The Balaban J connectivity index is 1.55. The van der Waals surface area contributed by atoms with Gasteiger partial charge in [0, 0.05) is 44.3 Å². The summed E-state index contributed by atoms with van der Waals surface area (Å²) >= 11 is 0. The number of nitrogens with one attached hydrogen (secondary N) is 2. The largest absolute Gasteiger partial charge is 0.354 e. The molecule has 2 heterocycles. The van der Waals surface area contributed by atoms with Gasteiger partial charge in [0.05, 0.1) is 11.4 Å². The Hall–Kier alpha value is -2.23. The van der Waals surface area contributed by atoms with Crippen LogP contribution < -0.4 is 10.6 Å². The number of piperazine rings is 1. The molecule has 0 saturated carbocycles. The molecule has 30 heavy (non-hydrogen) atoms. The molecule has 164 valence electrons. The van der Waals surface area contributed by atoms with Crippen molar-refractivity contribution in [2.45, 2.75) is 37.6 Å². The Labute approximate surface area is 178 Å². The molecule has 8 nitrogen and oxygen atoms in total. The minimum Gasteiger partial charge on any atom is -0.354 e. The number of likely N-dealkylation sites (tertiary alicyclic amines) is 1. The molecule has 0 unspecified atom stereocenters. The van der Waals surface area contributed by atoms with Crippen molar-refractivity contribution in [3.05, 3.63) is 41.5 Å². The lowest BCUT2D eigenvalue weighted by Crippen LogP contribution is -2.49. The number of carbonyl (C=O) groups is 2. The van der Waals surface area contributed by atoms with Crippen molar-refractivity contribution in [2.24, 2.45) is 0 Å². The summed E-state index contributed by atoms with van der Waals surface area (Å²) in [6.07, 6.45) is 4.00. The SMILES string of the molecule is CC(C)=CCN1CCC(NC(=O)c2ccc(S(=O)(=O)N3CCNC(=O)C3)cc2)CC1. The van der Waals surface area contributed by atoms with Crippen molar-refractivity contribution in [3.8, 4) is 0 Å². The van der Waals surface area contributed by atoms with Gasteiger partial charge in [0.15, 0.2) is 0 Å². The number of amides is 2. The second-order valence-corrected chi connectivity index (χ2v) is 9.98. The quantitative estimate of drug-likeness (QED) is 0.650. The zero-order valence-corrected chi connectivity index (χ0v) is 18.4. The molecular formula is C21H30N4O4S. The molecule has 0 aromatic heterocycles. The molecule has 2 amide bonds. The van der Waals surface area contributed by atoms with Crippen LogP contribution in [-0.2, 0) is 14.8 Å². The fraction of sp³-hybridized carbons (Fsp3) is 0.524.